The molecule has 1 saturated heterocycles. The smallest absolute Gasteiger partial charge is 0.306 e. The summed E-state index contributed by atoms with van der Waals surface area (Å²) in [5.41, 5.74) is 1.84. The molecule has 1 amide bonds. The predicted octanol–water partition coefficient (Wildman–Crippen LogP) is 3.96. The van der Waals surface area contributed by atoms with Gasteiger partial charge < -0.3 is 10.4 Å². The zero-order chi connectivity index (χ0) is 20.1. The summed E-state index contributed by atoms with van der Waals surface area (Å²) in [5, 5.41) is 12.1. The highest BCUT2D eigenvalue weighted by Gasteiger charge is 2.24. The van der Waals surface area contributed by atoms with E-state index in [0.717, 1.165) is 18.7 Å². The molecule has 1 aliphatic rings. The molecule has 7 heteroatoms. The van der Waals surface area contributed by atoms with Gasteiger partial charge in [-0.05, 0) is 55.8 Å². The number of carboxylic acid groups (broad SMARTS) is 1. The molecule has 1 fully saturated rings. The molecule has 2 aromatic rings. The fraction of sp³-hybridized carbons (Fsp3) is 0.333. The van der Waals surface area contributed by atoms with Crippen LogP contribution >= 0.6 is 11.6 Å². The van der Waals surface area contributed by atoms with Gasteiger partial charge in [0.1, 0.15) is 5.82 Å². The normalized spacial score (nSPS) is 15.4. The molecule has 1 aliphatic heterocycles. The summed E-state index contributed by atoms with van der Waals surface area (Å²) in [7, 11) is 0. The number of nitrogens with zero attached hydrogens (tertiary/aromatic N) is 1. The molecule has 148 valence electrons. The van der Waals surface area contributed by atoms with Gasteiger partial charge in [-0.15, -0.1) is 0 Å². The van der Waals surface area contributed by atoms with Gasteiger partial charge in [0.25, 0.3) is 0 Å². The Labute approximate surface area is 168 Å². The van der Waals surface area contributed by atoms with Crippen molar-refractivity contribution in [2.45, 2.75) is 25.8 Å². The Balaban J connectivity index is 1.57. The third-order valence-corrected chi connectivity index (χ3v) is 5.31. The van der Waals surface area contributed by atoms with E-state index in [0.29, 0.717) is 25.1 Å². The number of hydrogen-bond acceptors (Lipinski definition) is 3. The van der Waals surface area contributed by atoms with Crippen molar-refractivity contribution in [3.05, 3.63) is 64.4 Å². The second kappa shape index (κ2) is 9.17. The van der Waals surface area contributed by atoms with Gasteiger partial charge in [-0.2, -0.15) is 0 Å². The van der Waals surface area contributed by atoms with Crippen molar-refractivity contribution in [2.24, 2.45) is 5.92 Å². The number of likely N-dealkylation sites (tertiary alicyclic amines) is 1. The van der Waals surface area contributed by atoms with Gasteiger partial charge in [-0.25, -0.2) is 4.39 Å². The molecule has 0 unspecified atom stereocenters. The van der Waals surface area contributed by atoms with Gasteiger partial charge in [-0.1, -0.05) is 29.8 Å². The Morgan fingerprint density at radius 1 is 1.18 bits per heavy atom. The number of anilines is 1. The number of amides is 1. The third kappa shape index (κ3) is 5.30. The summed E-state index contributed by atoms with van der Waals surface area (Å²) in [6, 6.07) is 11.8. The highest BCUT2D eigenvalue weighted by atomic mass is 35.5. The maximum absolute atomic E-state index is 13.8. The van der Waals surface area contributed by atoms with Gasteiger partial charge >= 0.3 is 5.97 Å². The number of carbonyl (C=O) groups is 2. The molecule has 0 saturated carbocycles. The van der Waals surface area contributed by atoms with Crippen LogP contribution in [-0.4, -0.2) is 35.0 Å². The maximum Gasteiger partial charge on any atom is 0.306 e. The Kier molecular flexibility index (Phi) is 6.65. The van der Waals surface area contributed by atoms with Gasteiger partial charge in [-0.3, -0.25) is 14.5 Å². The first kappa shape index (κ1) is 20.3. The molecule has 2 aromatic carbocycles. The maximum atomic E-state index is 13.8. The fourth-order valence-corrected chi connectivity index (χ4v) is 3.64. The van der Waals surface area contributed by atoms with Crippen LogP contribution in [0.1, 0.15) is 24.0 Å². The fourth-order valence-electron chi connectivity index (χ4n) is 3.41. The summed E-state index contributed by atoms with van der Waals surface area (Å²) < 4.78 is 13.8. The van der Waals surface area contributed by atoms with Crippen molar-refractivity contribution in [3.63, 3.8) is 0 Å². The van der Waals surface area contributed by atoms with Crippen LogP contribution in [0, 0.1) is 11.7 Å². The van der Waals surface area contributed by atoms with Crippen molar-refractivity contribution in [1.29, 1.82) is 0 Å². The van der Waals surface area contributed by atoms with Crippen LogP contribution < -0.4 is 5.32 Å². The zero-order valence-corrected chi connectivity index (χ0v) is 16.1. The van der Waals surface area contributed by atoms with E-state index in [-0.39, 0.29) is 28.8 Å². The molecule has 0 aliphatic carbocycles. The lowest BCUT2D eigenvalue weighted by Crippen LogP contribution is -2.35. The van der Waals surface area contributed by atoms with Crippen LogP contribution in [-0.2, 0) is 22.6 Å². The highest BCUT2D eigenvalue weighted by molar-refractivity contribution is 6.31. The number of benzene rings is 2. The topological polar surface area (TPSA) is 69.6 Å². The molecule has 5 nitrogen and oxygen atoms in total. The SMILES string of the molecule is O=C(Cc1c(F)cccc1Cl)Nc1cccc(CN2CCC(C(=O)O)CC2)c1. The van der Waals surface area contributed by atoms with Crippen LogP contribution in [0.4, 0.5) is 10.1 Å². The number of carbonyl (C=O) groups excluding carboxylic acids is 1. The lowest BCUT2D eigenvalue weighted by Gasteiger charge is -2.30. The van der Waals surface area contributed by atoms with E-state index in [1.165, 1.54) is 12.1 Å². The average molecular weight is 405 g/mol. The molecule has 28 heavy (non-hydrogen) atoms. The van der Waals surface area contributed by atoms with E-state index < -0.39 is 11.8 Å². The number of carboxylic acids is 1. The number of piperidine rings is 1. The second-order valence-electron chi connectivity index (χ2n) is 7.01. The number of nitrogens with one attached hydrogen (secondary N) is 1. The lowest BCUT2D eigenvalue weighted by molar-refractivity contribution is -0.143. The molecule has 3 rings (SSSR count). The Morgan fingerprint density at radius 2 is 1.89 bits per heavy atom. The quantitative estimate of drug-likeness (QED) is 0.764. The van der Waals surface area contributed by atoms with E-state index in [2.05, 4.69) is 10.2 Å². The number of aliphatic carboxylic acids is 1. The van der Waals surface area contributed by atoms with Crippen molar-refractivity contribution in [3.8, 4) is 0 Å². The first-order valence-electron chi connectivity index (χ1n) is 9.19. The minimum absolute atomic E-state index is 0.140. The van der Waals surface area contributed by atoms with Gasteiger partial charge in [0, 0.05) is 22.8 Å². The Morgan fingerprint density at radius 3 is 2.57 bits per heavy atom. The Hall–Kier alpha value is -2.44. The summed E-state index contributed by atoms with van der Waals surface area (Å²) in [4.78, 5) is 25.5. The van der Waals surface area contributed by atoms with Crippen molar-refractivity contribution in [2.75, 3.05) is 18.4 Å². The zero-order valence-electron chi connectivity index (χ0n) is 15.3. The molecule has 0 radical (unpaired) electrons. The monoisotopic (exact) mass is 404 g/mol. The first-order valence-corrected chi connectivity index (χ1v) is 9.57. The van der Waals surface area contributed by atoms with E-state index in [1.54, 1.807) is 12.1 Å². The molecule has 2 N–H and O–H groups in total. The predicted molar refractivity (Wildman–Crippen MR) is 106 cm³/mol. The van der Waals surface area contributed by atoms with E-state index >= 15 is 0 Å². The molecule has 0 spiro atoms. The van der Waals surface area contributed by atoms with Crippen LogP contribution in [0.15, 0.2) is 42.5 Å². The largest absolute Gasteiger partial charge is 0.481 e. The summed E-state index contributed by atoms with van der Waals surface area (Å²) >= 11 is 5.98. The number of rotatable bonds is 6. The molecule has 1 heterocycles. The minimum Gasteiger partial charge on any atom is -0.481 e. The van der Waals surface area contributed by atoms with Crippen molar-refractivity contribution < 1.29 is 19.1 Å². The highest BCUT2D eigenvalue weighted by Crippen LogP contribution is 2.22. The lowest BCUT2D eigenvalue weighted by atomic mass is 9.97. The van der Waals surface area contributed by atoms with Gasteiger partial charge in [0.2, 0.25) is 5.91 Å². The van der Waals surface area contributed by atoms with Crippen LogP contribution in [0.3, 0.4) is 0 Å². The number of halogens is 2. The first-order chi connectivity index (χ1) is 13.4. The molecule has 0 atom stereocenters. The molecule has 0 bridgehead atoms. The summed E-state index contributed by atoms with van der Waals surface area (Å²) in [6.07, 6.45) is 1.16. The van der Waals surface area contributed by atoms with E-state index in [1.807, 2.05) is 18.2 Å². The Bertz CT molecular complexity index is 846. The second-order valence-corrected chi connectivity index (χ2v) is 7.42. The minimum atomic E-state index is -0.723. The molecular formula is C21H22ClFN2O3. The third-order valence-electron chi connectivity index (χ3n) is 4.95. The molecular weight excluding hydrogens is 383 g/mol. The van der Waals surface area contributed by atoms with E-state index in [9.17, 15) is 14.0 Å². The standard InChI is InChI=1S/C21H22ClFN2O3/c22-18-5-2-6-19(23)17(18)12-20(26)24-16-4-1-3-14(11-16)13-25-9-7-15(8-10-25)21(27)28/h1-6,11,15H,7-10,12-13H2,(H,24,26)(H,27,28). The van der Waals surface area contributed by atoms with Crippen molar-refractivity contribution in [1.82, 2.24) is 4.90 Å². The summed E-state index contributed by atoms with van der Waals surface area (Å²) in [6.45, 7) is 2.16. The number of hydrogen-bond donors (Lipinski definition) is 2. The van der Waals surface area contributed by atoms with Crippen LogP contribution in [0.5, 0.6) is 0 Å². The van der Waals surface area contributed by atoms with Gasteiger partial charge in [0.05, 0.1) is 12.3 Å². The summed E-state index contributed by atoms with van der Waals surface area (Å²) in [5.74, 6) is -1.82. The van der Waals surface area contributed by atoms with Crippen molar-refractivity contribution >= 4 is 29.2 Å². The van der Waals surface area contributed by atoms with Gasteiger partial charge in [0.15, 0.2) is 0 Å². The van der Waals surface area contributed by atoms with Crippen LogP contribution in [0.2, 0.25) is 5.02 Å². The van der Waals surface area contributed by atoms with E-state index in [4.69, 9.17) is 16.7 Å². The molecule has 0 aromatic heterocycles. The van der Waals surface area contributed by atoms with Crippen LogP contribution in [0.25, 0.3) is 0 Å². The average Bonchev–Trinajstić information content (AvgIpc) is 2.65.